The van der Waals surface area contributed by atoms with Gasteiger partial charge >= 0.3 is 5.97 Å². The molecule has 2 rings (SSSR count). The van der Waals surface area contributed by atoms with Gasteiger partial charge in [0.15, 0.2) is 17.7 Å². The Bertz CT molecular complexity index is 719. The molecular weight excluding hydrogens is 332 g/mol. The molecule has 0 saturated carbocycles. The Labute approximate surface area is 135 Å². The second-order valence-corrected chi connectivity index (χ2v) is 5.00. The summed E-state index contributed by atoms with van der Waals surface area (Å²) in [5, 5.41) is 2.19. The molecule has 1 aromatic heterocycles. The van der Waals surface area contributed by atoms with E-state index in [4.69, 9.17) is 20.8 Å². The smallest absolute Gasteiger partial charge is 0.340 e. The summed E-state index contributed by atoms with van der Waals surface area (Å²) in [7, 11) is 0. The number of furan rings is 1. The number of nitrogens with one attached hydrogen (secondary N) is 1. The molecule has 0 spiro atoms. The average molecular weight is 344 g/mol. The molecule has 0 unspecified atom stereocenters. The molecule has 0 fully saturated rings. The van der Waals surface area contributed by atoms with Crippen molar-refractivity contribution in [1.29, 1.82) is 0 Å². The number of amides is 1. The van der Waals surface area contributed by atoms with E-state index in [9.17, 15) is 18.4 Å². The van der Waals surface area contributed by atoms with E-state index >= 15 is 0 Å². The van der Waals surface area contributed by atoms with E-state index in [2.05, 4.69) is 5.32 Å². The average Bonchev–Trinajstić information content (AvgIpc) is 3.01. The fourth-order valence-corrected chi connectivity index (χ4v) is 1.92. The second-order valence-electron chi connectivity index (χ2n) is 4.59. The lowest BCUT2D eigenvalue weighted by atomic mass is 10.2. The van der Waals surface area contributed by atoms with Gasteiger partial charge in [0.2, 0.25) is 0 Å². The molecule has 0 radical (unpaired) electrons. The third kappa shape index (κ3) is 4.29. The van der Waals surface area contributed by atoms with Gasteiger partial charge in [0.1, 0.15) is 5.76 Å². The summed E-state index contributed by atoms with van der Waals surface area (Å²) in [5.41, 5.74) is -0.365. The van der Waals surface area contributed by atoms with Gasteiger partial charge in [-0.2, -0.15) is 0 Å². The third-order valence-electron chi connectivity index (χ3n) is 2.90. The minimum Gasteiger partial charge on any atom is -0.467 e. The van der Waals surface area contributed by atoms with Crippen molar-refractivity contribution in [2.75, 3.05) is 0 Å². The zero-order valence-electron chi connectivity index (χ0n) is 11.9. The van der Waals surface area contributed by atoms with E-state index in [1.807, 2.05) is 0 Å². The number of hydrogen-bond acceptors (Lipinski definition) is 4. The molecule has 0 aliphatic carbocycles. The van der Waals surface area contributed by atoms with Crippen molar-refractivity contribution >= 4 is 23.5 Å². The zero-order chi connectivity index (χ0) is 17.0. The number of rotatable bonds is 5. The molecule has 0 aliphatic heterocycles. The van der Waals surface area contributed by atoms with Crippen molar-refractivity contribution in [3.8, 4) is 0 Å². The van der Waals surface area contributed by atoms with Crippen molar-refractivity contribution in [2.45, 2.75) is 19.6 Å². The first-order valence-electron chi connectivity index (χ1n) is 6.54. The summed E-state index contributed by atoms with van der Waals surface area (Å²) in [6.07, 6.45) is 0.303. The van der Waals surface area contributed by atoms with Crippen LogP contribution in [0.4, 0.5) is 8.78 Å². The summed E-state index contributed by atoms with van der Waals surface area (Å²) in [4.78, 5) is 23.7. The molecular formula is C15H12ClF2NO4. The van der Waals surface area contributed by atoms with Crippen LogP contribution in [0.15, 0.2) is 34.9 Å². The first-order chi connectivity index (χ1) is 10.9. The van der Waals surface area contributed by atoms with Gasteiger partial charge < -0.3 is 14.5 Å². The lowest BCUT2D eigenvalue weighted by molar-refractivity contribution is -0.129. The molecule has 1 heterocycles. The van der Waals surface area contributed by atoms with E-state index in [0.29, 0.717) is 17.9 Å². The summed E-state index contributed by atoms with van der Waals surface area (Å²) in [6, 6.07) is 4.61. The number of ether oxygens (including phenoxy) is 1. The van der Waals surface area contributed by atoms with Crippen LogP contribution < -0.4 is 5.32 Å². The van der Waals surface area contributed by atoms with Gasteiger partial charge in [-0.15, -0.1) is 0 Å². The maximum absolute atomic E-state index is 13.2. The molecule has 1 amide bonds. The van der Waals surface area contributed by atoms with E-state index in [1.54, 1.807) is 12.1 Å². The number of carbonyl (C=O) groups is 2. The van der Waals surface area contributed by atoms with Crippen molar-refractivity contribution < 1.29 is 27.5 Å². The van der Waals surface area contributed by atoms with Crippen LogP contribution in [0.25, 0.3) is 0 Å². The maximum Gasteiger partial charge on any atom is 0.340 e. The van der Waals surface area contributed by atoms with E-state index in [1.165, 1.54) is 13.2 Å². The quantitative estimate of drug-likeness (QED) is 0.669. The maximum atomic E-state index is 13.2. The third-order valence-corrected chi connectivity index (χ3v) is 3.21. The van der Waals surface area contributed by atoms with E-state index in [-0.39, 0.29) is 17.1 Å². The Balaban J connectivity index is 1.96. The normalized spacial score (nSPS) is 11.8. The molecule has 0 aliphatic rings. The Morgan fingerprint density at radius 3 is 2.70 bits per heavy atom. The van der Waals surface area contributed by atoms with Gasteiger partial charge in [-0.1, -0.05) is 11.6 Å². The van der Waals surface area contributed by atoms with Gasteiger partial charge in [-0.05, 0) is 31.2 Å². The van der Waals surface area contributed by atoms with Crippen LogP contribution in [0.1, 0.15) is 23.0 Å². The van der Waals surface area contributed by atoms with E-state index in [0.717, 1.165) is 0 Å². The van der Waals surface area contributed by atoms with Crippen LogP contribution in [0, 0.1) is 11.6 Å². The summed E-state index contributed by atoms with van der Waals surface area (Å²) < 4.78 is 36.1. The van der Waals surface area contributed by atoms with Crippen molar-refractivity contribution in [3.05, 3.63) is 58.5 Å². The highest BCUT2D eigenvalue weighted by molar-refractivity contribution is 6.33. The van der Waals surface area contributed by atoms with Gasteiger partial charge in [-0.3, -0.25) is 4.79 Å². The highest BCUT2D eigenvalue weighted by Crippen LogP contribution is 2.21. The molecule has 0 bridgehead atoms. The Kier molecular flexibility index (Phi) is 5.33. The number of halogens is 3. The fourth-order valence-electron chi connectivity index (χ4n) is 1.69. The molecule has 5 nitrogen and oxygen atoms in total. The van der Waals surface area contributed by atoms with Crippen molar-refractivity contribution in [3.63, 3.8) is 0 Å². The molecule has 0 saturated heterocycles. The van der Waals surface area contributed by atoms with Gasteiger partial charge in [0, 0.05) is 0 Å². The van der Waals surface area contributed by atoms with Gasteiger partial charge in [0.05, 0.1) is 23.4 Å². The fraction of sp³-hybridized carbons (Fsp3) is 0.200. The molecule has 23 heavy (non-hydrogen) atoms. The van der Waals surface area contributed by atoms with Gasteiger partial charge in [0.25, 0.3) is 5.91 Å². The number of benzene rings is 1. The summed E-state index contributed by atoms with van der Waals surface area (Å²) >= 11 is 5.67. The molecule has 8 heteroatoms. The molecule has 2 aromatic rings. The lowest BCUT2D eigenvalue weighted by Gasteiger charge is -2.13. The first-order valence-corrected chi connectivity index (χ1v) is 6.92. The predicted octanol–water partition coefficient (Wildman–Crippen LogP) is 3.07. The van der Waals surface area contributed by atoms with Crippen LogP contribution >= 0.6 is 11.6 Å². The van der Waals surface area contributed by atoms with Crippen molar-refractivity contribution in [1.82, 2.24) is 5.32 Å². The predicted molar refractivity (Wildman–Crippen MR) is 76.8 cm³/mol. The molecule has 1 N–H and O–H groups in total. The van der Waals surface area contributed by atoms with Crippen LogP contribution in [-0.4, -0.2) is 18.0 Å². The standard InChI is InChI=1S/C15H12ClF2NO4/c1-8(14(20)19-7-9-3-2-4-22-9)23-15(21)10-5-12(17)13(18)6-11(10)16/h2-6,8H,7H2,1H3,(H,19,20)/t8-/m1/s1. The number of esters is 1. The summed E-state index contributed by atoms with van der Waals surface area (Å²) in [5.74, 6) is -3.50. The lowest BCUT2D eigenvalue weighted by Crippen LogP contribution is -2.35. The largest absolute Gasteiger partial charge is 0.467 e. The van der Waals surface area contributed by atoms with Crippen LogP contribution in [-0.2, 0) is 16.1 Å². The summed E-state index contributed by atoms with van der Waals surface area (Å²) in [6.45, 7) is 1.46. The van der Waals surface area contributed by atoms with Crippen LogP contribution in [0.5, 0.6) is 0 Å². The minimum atomic E-state index is -1.24. The monoisotopic (exact) mass is 343 g/mol. The SMILES string of the molecule is C[C@@H](OC(=O)c1cc(F)c(F)cc1Cl)C(=O)NCc1ccco1. The number of hydrogen-bond donors (Lipinski definition) is 1. The molecule has 1 atom stereocenters. The van der Waals surface area contributed by atoms with Gasteiger partial charge in [-0.25, -0.2) is 13.6 Å². The van der Waals surface area contributed by atoms with Crippen LogP contribution in [0.2, 0.25) is 5.02 Å². The highest BCUT2D eigenvalue weighted by Gasteiger charge is 2.22. The minimum absolute atomic E-state index is 0.125. The first kappa shape index (κ1) is 17.0. The van der Waals surface area contributed by atoms with Crippen molar-refractivity contribution in [2.24, 2.45) is 0 Å². The van der Waals surface area contributed by atoms with Crippen LogP contribution in [0.3, 0.4) is 0 Å². The second kappa shape index (κ2) is 7.23. The number of carbonyl (C=O) groups excluding carboxylic acids is 2. The Morgan fingerprint density at radius 2 is 2.04 bits per heavy atom. The Morgan fingerprint density at radius 1 is 1.35 bits per heavy atom. The zero-order valence-corrected chi connectivity index (χ0v) is 12.7. The topological polar surface area (TPSA) is 68.5 Å². The van der Waals surface area contributed by atoms with E-state index < -0.39 is 29.6 Å². The Hall–Kier alpha value is -2.41. The highest BCUT2D eigenvalue weighted by atomic mass is 35.5. The molecule has 122 valence electrons. The molecule has 1 aromatic carbocycles.